The lowest BCUT2D eigenvalue weighted by molar-refractivity contribution is 0.465. The van der Waals surface area contributed by atoms with E-state index in [9.17, 15) is 15.3 Å². The number of phenols is 3. The lowest BCUT2D eigenvalue weighted by atomic mass is 9.91. The van der Waals surface area contributed by atoms with Gasteiger partial charge < -0.3 is 15.3 Å². The van der Waals surface area contributed by atoms with E-state index in [0.29, 0.717) is 41.5 Å². The Morgan fingerprint density at radius 2 is 1.13 bits per heavy atom. The predicted molar refractivity (Wildman–Crippen MR) is 124 cm³/mol. The van der Waals surface area contributed by atoms with Gasteiger partial charge in [0.25, 0.3) is 0 Å². The molecule has 3 N–H and O–H groups in total. The first-order valence-electron chi connectivity index (χ1n) is 9.81. The maximum absolute atomic E-state index is 10.9. The highest BCUT2D eigenvalue weighted by Crippen LogP contribution is 2.42. The number of rotatable bonds is 8. The van der Waals surface area contributed by atoms with Crippen molar-refractivity contribution in [1.82, 2.24) is 0 Å². The second kappa shape index (κ2) is 9.19. The highest BCUT2D eigenvalue weighted by atomic mass is 16.3. The zero-order chi connectivity index (χ0) is 21.7. The molecule has 0 radical (unpaired) electrons. The summed E-state index contributed by atoms with van der Waals surface area (Å²) in [5.74, 6) is 0.310. The Kier molecular flexibility index (Phi) is 6.43. The molecule has 3 aromatic rings. The summed E-state index contributed by atoms with van der Waals surface area (Å²) in [6.07, 6.45) is 7.10. The number of hydrogen-bond acceptors (Lipinski definition) is 3. The van der Waals surface area contributed by atoms with Gasteiger partial charge in [-0.2, -0.15) is 0 Å². The Morgan fingerprint density at radius 1 is 0.600 bits per heavy atom. The van der Waals surface area contributed by atoms with Crippen LogP contribution in [0.3, 0.4) is 0 Å². The predicted octanol–water partition coefficient (Wildman–Crippen LogP) is 6.32. The molecule has 0 aliphatic carbocycles. The van der Waals surface area contributed by atoms with Crippen molar-refractivity contribution in [2.75, 3.05) is 0 Å². The topological polar surface area (TPSA) is 60.7 Å². The summed E-state index contributed by atoms with van der Waals surface area (Å²) in [6.45, 7) is 11.3. The zero-order valence-corrected chi connectivity index (χ0v) is 16.9. The fraction of sp³-hybridized carbons (Fsp3) is 0.111. The first kappa shape index (κ1) is 21.0. The van der Waals surface area contributed by atoms with Crippen molar-refractivity contribution in [2.45, 2.75) is 19.3 Å². The third-order valence-corrected chi connectivity index (χ3v) is 5.04. The molecule has 0 saturated carbocycles. The van der Waals surface area contributed by atoms with Crippen LogP contribution in [0, 0.1) is 0 Å². The molecule has 0 bridgehead atoms. The monoisotopic (exact) mass is 398 g/mol. The lowest BCUT2D eigenvalue weighted by Crippen LogP contribution is -1.93. The van der Waals surface area contributed by atoms with Crippen LogP contribution in [-0.4, -0.2) is 15.3 Å². The molecule has 0 heterocycles. The van der Waals surface area contributed by atoms with Crippen molar-refractivity contribution in [3.63, 3.8) is 0 Å². The molecule has 3 heteroatoms. The van der Waals surface area contributed by atoms with E-state index in [0.717, 1.165) is 16.7 Å². The van der Waals surface area contributed by atoms with Crippen molar-refractivity contribution >= 4 is 0 Å². The summed E-state index contributed by atoms with van der Waals surface area (Å²) < 4.78 is 0. The van der Waals surface area contributed by atoms with E-state index < -0.39 is 0 Å². The normalized spacial score (nSPS) is 10.5. The average Bonchev–Trinajstić information content (AvgIpc) is 2.73. The van der Waals surface area contributed by atoms with Crippen LogP contribution in [0.2, 0.25) is 0 Å². The summed E-state index contributed by atoms with van der Waals surface area (Å²) in [7, 11) is 0. The molecular weight excluding hydrogens is 372 g/mol. The highest BCUT2D eigenvalue weighted by Gasteiger charge is 2.17. The van der Waals surface area contributed by atoms with Crippen LogP contribution in [0.5, 0.6) is 17.2 Å². The second-order valence-corrected chi connectivity index (χ2v) is 7.21. The molecule has 0 fully saturated rings. The van der Waals surface area contributed by atoms with Gasteiger partial charge in [0.15, 0.2) is 0 Å². The Labute approximate surface area is 177 Å². The van der Waals surface area contributed by atoms with Gasteiger partial charge >= 0.3 is 0 Å². The molecule has 0 atom stereocenters. The Bertz CT molecular complexity index is 1110. The molecule has 152 valence electrons. The molecule has 3 rings (SSSR count). The standard InChI is InChI=1S/C27H26O3/c1-4-7-18-10-12-25(28)22(14-18)21-16-20(9-6-3)27(30)24(17-21)23-15-19(8-5-2)11-13-26(23)29/h4-6,10-17,28-30H,1-3,7-9H2. The van der Waals surface area contributed by atoms with Gasteiger partial charge in [0.1, 0.15) is 17.2 Å². The Balaban J connectivity index is 2.26. The Morgan fingerprint density at radius 3 is 1.70 bits per heavy atom. The molecule has 3 nitrogen and oxygen atoms in total. The maximum atomic E-state index is 10.9. The van der Waals surface area contributed by atoms with Gasteiger partial charge in [0.2, 0.25) is 0 Å². The molecule has 3 aromatic carbocycles. The van der Waals surface area contributed by atoms with Crippen molar-refractivity contribution in [2.24, 2.45) is 0 Å². The first-order chi connectivity index (χ1) is 14.5. The van der Waals surface area contributed by atoms with Gasteiger partial charge in [-0.3, -0.25) is 0 Å². The van der Waals surface area contributed by atoms with Crippen LogP contribution in [-0.2, 0) is 19.3 Å². The zero-order valence-electron chi connectivity index (χ0n) is 16.9. The SMILES string of the molecule is C=CCc1ccc(O)c(-c2cc(CC=C)c(O)c(-c3cc(CC=C)ccc3O)c2)c1. The molecule has 0 amide bonds. The highest BCUT2D eigenvalue weighted by molar-refractivity contribution is 5.84. The fourth-order valence-corrected chi connectivity index (χ4v) is 3.57. The number of allylic oxidation sites excluding steroid dienone is 3. The van der Waals surface area contributed by atoms with E-state index in [1.165, 1.54) is 0 Å². The van der Waals surface area contributed by atoms with Crippen molar-refractivity contribution in [3.05, 3.63) is 103 Å². The summed E-state index contributed by atoms with van der Waals surface area (Å²) in [5.41, 5.74) is 5.10. The molecule has 30 heavy (non-hydrogen) atoms. The maximum Gasteiger partial charge on any atom is 0.127 e. The second-order valence-electron chi connectivity index (χ2n) is 7.21. The lowest BCUT2D eigenvalue weighted by Gasteiger charge is -2.16. The van der Waals surface area contributed by atoms with Gasteiger partial charge in [-0.15, -0.1) is 19.7 Å². The van der Waals surface area contributed by atoms with Crippen molar-refractivity contribution < 1.29 is 15.3 Å². The van der Waals surface area contributed by atoms with Gasteiger partial charge in [0.05, 0.1) is 0 Å². The molecule has 0 aliphatic heterocycles. The minimum Gasteiger partial charge on any atom is -0.507 e. The van der Waals surface area contributed by atoms with Crippen LogP contribution in [0.4, 0.5) is 0 Å². The molecule has 0 unspecified atom stereocenters. The summed E-state index contributed by atoms with van der Waals surface area (Å²) in [5, 5.41) is 32.0. The van der Waals surface area contributed by atoms with E-state index >= 15 is 0 Å². The van der Waals surface area contributed by atoms with Gasteiger partial charge in [0, 0.05) is 16.7 Å². The smallest absolute Gasteiger partial charge is 0.127 e. The number of hydrogen-bond donors (Lipinski definition) is 3. The molecule has 0 spiro atoms. The van der Waals surface area contributed by atoms with Crippen LogP contribution in [0.1, 0.15) is 16.7 Å². The van der Waals surface area contributed by atoms with Gasteiger partial charge in [-0.1, -0.05) is 30.4 Å². The molecule has 0 aliphatic rings. The molecule has 0 saturated heterocycles. The third kappa shape index (κ3) is 4.31. The van der Waals surface area contributed by atoms with E-state index in [-0.39, 0.29) is 17.2 Å². The van der Waals surface area contributed by atoms with E-state index in [4.69, 9.17) is 0 Å². The van der Waals surface area contributed by atoms with E-state index in [1.54, 1.807) is 30.4 Å². The minimum atomic E-state index is 0.0736. The van der Waals surface area contributed by atoms with Crippen LogP contribution >= 0.6 is 0 Å². The summed E-state index contributed by atoms with van der Waals surface area (Å²) >= 11 is 0. The third-order valence-electron chi connectivity index (χ3n) is 5.04. The first-order valence-corrected chi connectivity index (χ1v) is 9.81. The number of aromatic hydroxyl groups is 3. The van der Waals surface area contributed by atoms with E-state index in [1.807, 2.05) is 36.4 Å². The quantitative estimate of drug-likeness (QED) is 0.389. The van der Waals surface area contributed by atoms with Crippen LogP contribution in [0.15, 0.2) is 86.5 Å². The van der Waals surface area contributed by atoms with Crippen LogP contribution in [0.25, 0.3) is 22.3 Å². The van der Waals surface area contributed by atoms with Crippen molar-refractivity contribution in [3.8, 4) is 39.5 Å². The minimum absolute atomic E-state index is 0.0736. The molecular formula is C27H26O3. The number of benzene rings is 3. The fourth-order valence-electron chi connectivity index (χ4n) is 3.57. The van der Waals surface area contributed by atoms with Crippen molar-refractivity contribution in [1.29, 1.82) is 0 Å². The van der Waals surface area contributed by atoms with Crippen LogP contribution < -0.4 is 0 Å². The Hall–Kier alpha value is -3.72. The average molecular weight is 399 g/mol. The largest absolute Gasteiger partial charge is 0.507 e. The van der Waals surface area contributed by atoms with Gasteiger partial charge in [-0.25, -0.2) is 0 Å². The van der Waals surface area contributed by atoms with E-state index in [2.05, 4.69) is 19.7 Å². The summed E-state index contributed by atoms with van der Waals surface area (Å²) in [4.78, 5) is 0. The summed E-state index contributed by atoms with van der Waals surface area (Å²) in [6, 6.07) is 14.4. The van der Waals surface area contributed by atoms with Gasteiger partial charge in [-0.05, 0) is 77.9 Å². The number of phenolic OH excluding ortho intramolecular Hbond substituents is 3. The molecule has 0 aromatic heterocycles.